The summed E-state index contributed by atoms with van der Waals surface area (Å²) in [5, 5.41) is 0. The molecule has 0 aromatic heterocycles. The van der Waals surface area contributed by atoms with Gasteiger partial charge in [-0.05, 0) is 0 Å². The third-order valence-electron chi connectivity index (χ3n) is 0.962. The van der Waals surface area contributed by atoms with Crippen LogP contribution in [0.15, 0.2) is 11.9 Å². The summed E-state index contributed by atoms with van der Waals surface area (Å²) in [6, 6.07) is 0. The van der Waals surface area contributed by atoms with Crippen molar-refractivity contribution in [3.63, 3.8) is 0 Å². The van der Waals surface area contributed by atoms with Gasteiger partial charge in [0.1, 0.15) is 0 Å². The predicted molar refractivity (Wildman–Crippen MR) is 36.1 cm³/mol. The highest BCUT2D eigenvalue weighted by Gasteiger charge is 1.89. The molecule has 0 spiro atoms. The largest absolute Gasteiger partial charge is 0.403 e. The van der Waals surface area contributed by atoms with Crippen molar-refractivity contribution in [3.8, 4) is 0 Å². The van der Waals surface area contributed by atoms with E-state index in [1.807, 2.05) is 0 Å². The number of rotatable bonds is 4. The maximum atomic E-state index is 5.16. The minimum atomic E-state index is 0.632. The smallest absolute Gasteiger partial charge is 0.0517 e. The van der Waals surface area contributed by atoms with Crippen LogP contribution in [-0.2, 0) is 4.74 Å². The van der Waals surface area contributed by atoms with Crippen LogP contribution in [0.2, 0.25) is 0 Å². The summed E-state index contributed by atoms with van der Waals surface area (Å²) in [7, 11) is 1.63. The molecule has 0 aliphatic carbocycles. The molecule has 0 saturated carbocycles. The van der Waals surface area contributed by atoms with Crippen molar-refractivity contribution in [1.29, 1.82) is 0 Å². The number of nitrogens with one attached hydrogen (secondary N) is 1. The van der Waals surface area contributed by atoms with Gasteiger partial charge in [0.15, 0.2) is 0 Å². The zero-order valence-electron chi connectivity index (χ0n) is 5.55. The van der Waals surface area contributed by atoms with Crippen molar-refractivity contribution in [2.45, 2.75) is 6.42 Å². The molecule has 0 atom stereocenters. The highest BCUT2D eigenvalue weighted by molar-refractivity contribution is 4.94. The van der Waals surface area contributed by atoms with Crippen LogP contribution in [0.5, 0.6) is 0 Å². The lowest BCUT2D eigenvalue weighted by Crippen LogP contribution is -2.22. The van der Waals surface area contributed by atoms with Gasteiger partial charge < -0.3 is 15.9 Å². The van der Waals surface area contributed by atoms with E-state index in [0.29, 0.717) is 6.61 Å². The monoisotopic (exact) mass is 131 g/mol. The van der Waals surface area contributed by atoms with Crippen LogP contribution in [0.1, 0.15) is 6.42 Å². The predicted octanol–water partition coefficient (Wildman–Crippen LogP) is -0.714. The average molecular weight is 131 g/mol. The van der Waals surface area contributed by atoms with Crippen molar-refractivity contribution in [1.82, 2.24) is 5.43 Å². The summed E-state index contributed by atoms with van der Waals surface area (Å²) in [5.74, 6) is 5.07. The number of ether oxygens (including phenoxy) is 1. The molecule has 0 aliphatic heterocycles. The van der Waals surface area contributed by atoms with Crippen molar-refractivity contribution in [2.24, 2.45) is 11.6 Å². The van der Waals surface area contributed by atoms with E-state index >= 15 is 0 Å². The van der Waals surface area contributed by atoms with Gasteiger partial charge in [-0.2, -0.15) is 0 Å². The highest BCUT2D eigenvalue weighted by atomic mass is 16.5. The molecular weight excluding hydrogens is 118 g/mol. The molecule has 0 fully saturated rings. The van der Waals surface area contributed by atoms with E-state index < -0.39 is 0 Å². The highest BCUT2D eigenvalue weighted by Crippen LogP contribution is 1.90. The van der Waals surface area contributed by atoms with Crippen LogP contribution in [-0.4, -0.2) is 13.7 Å². The maximum absolute atomic E-state index is 5.16. The Hall–Kier alpha value is -0.740. The second kappa shape index (κ2) is 5.40. The van der Waals surface area contributed by atoms with E-state index in [0.717, 1.165) is 12.1 Å². The Labute approximate surface area is 54.8 Å². The van der Waals surface area contributed by atoms with E-state index in [2.05, 4.69) is 5.43 Å². The van der Waals surface area contributed by atoms with Gasteiger partial charge >= 0.3 is 0 Å². The Balaban J connectivity index is 3.33. The molecular formula is C5H13N3O. The number of hydrogen-bond acceptors (Lipinski definition) is 4. The Morgan fingerprint density at radius 2 is 2.44 bits per heavy atom. The fourth-order valence-corrected chi connectivity index (χ4v) is 0.416. The maximum Gasteiger partial charge on any atom is 0.0517 e. The van der Waals surface area contributed by atoms with Gasteiger partial charge in [0, 0.05) is 25.4 Å². The SMILES string of the molecule is COCC/C(=C/N)NN. The van der Waals surface area contributed by atoms with Crippen LogP contribution >= 0.6 is 0 Å². The first-order chi connectivity index (χ1) is 4.35. The van der Waals surface area contributed by atoms with Gasteiger partial charge in [0.2, 0.25) is 0 Å². The molecule has 4 nitrogen and oxygen atoms in total. The van der Waals surface area contributed by atoms with Crippen LogP contribution in [0, 0.1) is 0 Å². The number of hydrazine groups is 1. The zero-order valence-corrected chi connectivity index (χ0v) is 5.55. The van der Waals surface area contributed by atoms with Crippen molar-refractivity contribution in [3.05, 3.63) is 11.9 Å². The Morgan fingerprint density at radius 3 is 2.78 bits per heavy atom. The molecule has 0 heterocycles. The van der Waals surface area contributed by atoms with Gasteiger partial charge in [-0.25, -0.2) is 0 Å². The Kier molecular flexibility index (Phi) is 4.95. The summed E-state index contributed by atoms with van der Waals surface area (Å²) in [5.41, 5.74) is 8.40. The standard InChI is InChI=1S/C5H13N3O/c1-9-3-2-5(4-6)8-7/h4,8H,2-3,6-7H2,1H3/b5-4-. The van der Waals surface area contributed by atoms with E-state index in [4.69, 9.17) is 16.3 Å². The van der Waals surface area contributed by atoms with Crippen molar-refractivity contribution >= 4 is 0 Å². The van der Waals surface area contributed by atoms with E-state index in [9.17, 15) is 0 Å². The fraction of sp³-hybridized carbons (Fsp3) is 0.600. The van der Waals surface area contributed by atoms with Crippen LogP contribution in [0.3, 0.4) is 0 Å². The molecule has 0 aliphatic rings. The third-order valence-corrected chi connectivity index (χ3v) is 0.962. The van der Waals surface area contributed by atoms with E-state index in [1.165, 1.54) is 6.20 Å². The summed E-state index contributed by atoms with van der Waals surface area (Å²) in [6.07, 6.45) is 2.16. The summed E-state index contributed by atoms with van der Waals surface area (Å²) in [4.78, 5) is 0. The molecule has 4 heteroatoms. The summed E-state index contributed by atoms with van der Waals surface area (Å²) < 4.78 is 4.78. The first-order valence-corrected chi connectivity index (χ1v) is 2.71. The van der Waals surface area contributed by atoms with Crippen molar-refractivity contribution in [2.75, 3.05) is 13.7 Å². The van der Waals surface area contributed by atoms with E-state index in [1.54, 1.807) is 7.11 Å². The van der Waals surface area contributed by atoms with Gasteiger partial charge in [-0.1, -0.05) is 0 Å². The molecule has 0 amide bonds. The van der Waals surface area contributed by atoms with Crippen LogP contribution in [0.4, 0.5) is 0 Å². The topological polar surface area (TPSA) is 73.3 Å². The Bertz CT molecular complexity index is 92.2. The molecule has 0 aromatic carbocycles. The first kappa shape index (κ1) is 8.26. The molecule has 5 N–H and O–H groups in total. The minimum absolute atomic E-state index is 0.632. The zero-order chi connectivity index (χ0) is 7.11. The number of nitrogens with two attached hydrogens (primary N) is 2. The molecule has 0 saturated heterocycles. The summed E-state index contributed by atoms with van der Waals surface area (Å²) in [6.45, 7) is 0.632. The number of methoxy groups -OCH3 is 1. The molecule has 0 aromatic rings. The first-order valence-electron chi connectivity index (χ1n) is 2.71. The quantitative estimate of drug-likeness (QED) is 0.348. The van der Waals surface area contributed by atoms with Gasteiger partial charge in [-0.3, -0.25) is 5.84 Å². The molecule has 0 rings (SSSR count). The molecule has 9 heavy (non-hydrogen) atoms. The van der Waals surface area contributed by atoms with Gasteiger partial charge in [0.25, 0.3) is 0 Å². The molecule has 54 valence electrons. The lowest BCUT2D eigenvalue weighted by molar-refractivity contribution is 0.200. The second-order valence-electron chi connectivity index (χ2n) is 1.58. The lowest BCUT2D eigenvalue weighted by Gasteiger charge is -2.02. The lowest BCUT2D eigenvalue weighted by atomic mass is 10.3. The number of hydrogen-bond donors (Lipinski definition) is 3. The average Bonchev–Trinajstić information content (AvgIpc) is 1.91. The van der Waals surface area contributed by atoms with Crippen molar-refractivity contribution < 1.29 is 4.74 Å². The molecule has 0 unspecified atom stereocenters. The third kappa shape index (κ3) is 3.81. The molecule has 0 bridgehead atoms. The molecule has 0 radical (unpaired) electrons. The fourth-order valence-electron chi connectivity index (χ4n) is 0.416. The minimum Gasteiger partial charge on any atom is -0.403 e. The Morgan fingerprint density at radius 1 is 1.78 bits per heavy atom. The second-order valence-corrected chi connectivity index (χ2v) is 1.58. The normalized spacial score (nSPS) is 11.6. The van der Waals surface area contributed by atoms with Gasteiger partial charge in [-0.15, -0.1) is 0 Å². The van der Waals surface area contributed by atoms with Crippen LogP contribution in [0.25, 0.3) is 0 Å². The summed E-state index contributed by atoms with van der Waals surface area (Å²) >= 11 is 0. The van der Waals surface area contributed by atoms with E-state index in [-0.39, 0.29) is 0 Å². The van der Waals surface area contributed by atoms with Crippen LogP contribution < -0.4 is 17.0 Å². The van der Waals surface area contributed by atoms with Gasteiger partial charge in [0.05, 0.1) is 6.61 Å².